The number of esters is 1. The van der Waals surface area contributed by atoms with Crippen molar-refractivity contribution in [2.24, 2.45) is 4.99 Å². The molecule has 41 heavy (non-hydrogen) atoms. The minimum Gasteiger partial charge on any atom is -0.465 e. The summed E-state index contributed by atoms with van der Waals surface area (Å²) in [7, 11) is 1.32. The fraction of sp³-hybridized carbons (Fsp3) is 0.312. The van der Waals surface area contributed by atoms with Crippen LogP contribution in [-0.4, -0.2) is 74.3 Å². The topological polar surface area (TPSA) is 103 Å². The fourth-order valence-corrected chi connectivity index (χ4v) is 5.38. The Morgan fingerprint density at radius 1 is 1.00 bits per heavy atom. The van der Waals surface area contributed by atoms with Gasteiger partial charge in [-0.3, -0.25) is 19.5 Å². The maximum absolute atomic E-state index is 13.3. The molecule has 0 saturated carbocycles. The standard InChI is InChI=1S/C32H35N5O4/c1-21(2)37(28(38)20-36-17-15-33-16-18-36)25-12-10-24(11-13-25)34-30(22-7-5-4-6-8-22)29-26-14-9-23(32(40)41-3)19-27(26)35-31(29)39/h4-14,19,21,29,33H,15-18,20H2,1-3H3,(H,35,39). The zero-order valence-corrected chi connectivity index (χ0v) is 23.6. The molecule has 0 bridgehead atoms. The van der Waals surface area contributed by atoms with Crippen LogP contribution in [0.5, 0.6) is 0 Å². The number of aliphatic imine (C=N–C) groups is 1. The quantitative estimate of drug-likeness (QED) is 0.323. The van der Waals surface area contributed by atoms with E-state index in [1.54, 1.807) is 18.2 Å². The molecule has 9 heteroatoms. The van der Waals surface area contributed by atoms with Gasteiger partial charge in [-0.05, 0) is 61.4 Å². The van der Waals surface area contributed by atoms with E-state index in [2.05, 4.69) is 15.5 Å². The molecule has 1 unspecified atom stereocenters. The highest BCUT2D eigenvalue weighted by molar-refractivity contribution is 6.24. The van der Waals surface area contributed by atoms with E-state index >= 15 is 0 Å². The second-order valence-corrected chi connectivity index (χ2v) is 10.5. The maximum Gasteiger partial charge on any atom is 0.337 e. The summed E-state index contributed by atoms with van der Waals surface area (Å²) in [5, 5.41) is 6.23. The Labute approximate surface area is 240 Å². The lowest BCUT2D eigenvalue weighted by atomic mass is 9.90. The number of hydrogen-bond donors (Lipinski definition) is 2. The minimum absolute atomic E-state index is 0.00628. The molecular weight excluding hydrogens is 518 g/mol. The van der Waals surface area contributed by atoms with E-state index in [0.717, 1.165) is 43.0 Å². The summed E-state index contributed by atoms with van der Waals surface area (Å²) in [6, 6.07) is 22.2. The van der Waals surface area contributed by atoms with Crippen molar-refractivity contribution in [3.8, 4) is 0 Å². The summed E-state index contributed by atoms with van der Waals surface area (Å²) in [6.45, 7) is 7.90. The molecule has 2 N–H and O–H groups in total. The molecule has 0 radical (unpaired) electrons. The number of piperazine rings is 1. The van der Waals surface area contributed by atoms with Gasteiger partial charge in [0.05, 0.1) is 30.6 Å². The third-order valence-electron chi connectivity index (χ3n) is 7.38. The van der Waals surface area contributed by atoms with Crippen molar-refractivity contribution in [1.29, 1.82) is 0 Å². The van der Waals surface area contributed by atoms with Gasteiger partial charge in [0, 0.05) is 43.6 Å². The summed E-state index contributed by atoms with van der Waals surface area (Å²) in [5.74, 6) is -1.28. The molecule has 0 spiro atoms. The SMILES string of the molecule is COC(=O)c1ccc2c(c1)NC(=O)C2C(=Nc1ccc(N(C(=O)CN2CCNCC2)C(C)C)cc1)c1ccccc1. The largest absolute Gasteiger partial charge is 0.465 e. The Bertz CT molecular complexity index is 1450. The third kappa shape index (κ3) is 6.21. The Balaban J connectivity index is 1.46. The number of ether oxygens (including phenoxy) is 1. The number of amides is 2. The number of hydrogen-bond acceptors (Lipinski definition) is 7. The van der Waals surface area contributed by atoms with E-state index in [9.17, 15) is 14.4 Å². The van der Waals surface area contributed by atoms with Gasteiger partial charge in [0.25, 0.3) is 0 Å². The predicted molar refractivity (Wildman–Crippen MR) is 160 cm³/mol. The van der Waals surface area contributed by atoms with Crippen LogP contribution in [0.1, 0.15) is 41.3 Å². The lowest BCUT2D eigenvalue weighted by molar-refractivity contribution is -0.120. The van der Waals surface area contributed by atoms with Gasteiger partial charge in [-0.25, -0.2) is 4.79 Å². The second-order valence-electron chi connectivity index (χ2n) is 10.5. The molecule has 3 aromatic carbocycles. The number of carbonyl (C=O) groups is 3. The van der Waals surface area contributed by atoms with Crippen molar-refractivity contribution in [3.63, 3.8) is 0 Å². The molecule has 1 saturated heterocycles. The molecule has 2 aliphatic heterocycles. The number of nitrogens with zero attached hydrogens (tertiary/aromatic N) is 3. The van der Waals surface area contributed by atoms with Crippen molar-refractivity contribution in [2.45, 2.75) is 25.8 Å². The first-order valence-corrected chi connectivity index (χ1v) is 13.9. The van der Waals surface area contributed by atoms with Crippen LogP contribution in [-0.2, 0) is 14.3 Å². The monoisotopic (exact) mass is 553 g/mol. The summed E-state index contributed by atoms with van der Waals surface area (Å²) in [5.41, 5.74) is 4.55. The van der Waals surface area contributed by atoms with Crippen LogP contribution < -0.4 is 15.5 Å². The highest BCUT2D eigenvalue weighted by Gasteiger charge is 2.36. The fourth-order valence-electron chi connectivity index (χ4n) is 5.38. The Morgan fingerprint density at radius 3 is 2.37 bits per heavy atom. The van der Waals surface area contributed by atoms with Gasteiger partial charge >= 0.3 is 5.97 Å². The maximum atomic E-state index is 13.3. The van der Waals surface area contributed by atoms with Crippen molar-refractivity contribution >= 4 is 40.6 Å². The van der Waals surface area contributed by atoms with Crippen molar-refractivity contribution in [2.75, 3.05) is 50.1 Å². The van der Waals surface area contributed by atoms with Gasteiger partial charge in [-0.2, -0.15) is 0 Å². The first kappa shape index (κ1) is 28.2. The number of rotatable bonds is 8. The van der Waals surface area contributed by atoms with Gasteiger partial charge in [-0.1, -0.05) is 36.4 Å². The van der Waals surface area contributed by atoms with Crippen molar-refractivity contribution < 1.29 is 19.1 Å². The van der Waals surface area contributed by atoms with Gasteiger partial charge < -0.3 is 20.3 Å². The molecule has 3 aromatic rings. The van der Waals surface area contributed by atoms with Crippen LogP contribution in [0.2, 0.25) is 0 Å². The number of methoxy groups -OCH3 is 1. The lowest BCUT2D eigenvalue weighted by Crippen LogP contribution is -2.49. The summed E-state index contributed by atoms with van der Waals surface area (Å²) in [4.78, 5) is 47.6. The van der Waals surface area contributed by atoms with Crippen LogP contribution in [0, 0.1) is 0 Å². The molecule has 0 aliphatic carbocycles. The van der Waals surface area contributed by atoms with Crippen molar-refractivity contribution in [3.05, 3.63) is 89.5 Å². The molecular formula is C32H35N5O4. The normalized spacial score (nSPS) is 17.2. The highest BCUT2D eigenvalue weighted by Crippen LogP contribution is 2.37. The first-order chi connectivity index (χ1) is 19.9. The Kier molecular flexibility index (Phi) is 8.56. The number of nitrogens with one attached hydrogen (secondary N) is 2. The molecule has 1 fully saturated rings. The number of anilines is 2. The first-order valence-electron chi connectivity index (χ1n) is 13.9. The van der Waals surface area contributed by atoms with Gasteiger partial charge in [0.1, 0.15) is 5.92 Å². The van der Waals surface area contributed by atoms with E-state index in [-0.39, 0.29) is 17.9 Å². The Hall–Kier alpha value is -4.34. The van der Waals surface area contributed by atoms with Crippen LogP contribution >= 0.6 is 0 Å². The van der Waals surface area contributed by atoms with Crippen molar-refractivity contribution in [1.82, 2.24) is 10.2 Å². The van der Waals surface area contributed by atoms with Gasteiger partial charge in [-0.15, -0.1) is 0 Å². The summed E-state index contributed by atoms with van der Waals surface area (Å²) < 4.78 is 4.83. The number of fused-ring (bicyclic) bond motifs is 1. The second kappa shape index (κ2) is 12.4. The lowest BCUT2D eigenvalue weighted by Gasteiger charge is -2.32. The molecule has 2 heterocycles. The minimum atomic E-state index is -0.661. The van der Waals surface area contributed by atoms with E-state index in [4.69, 9.17) is 9.73 Å². The van der Waals surface area contributed by atoms with E-state index in [1.807, 2.05) is 73.3 Å². The molecule has 5 rings (SSSR count). The average molecular weight is 554 g/mol. The highest BCUT2D eigenvalue weighted by atomic mass is 16.5. The van der Waals surface area contributed by atoms with Crippen LogP contribution in [0.25, 0.3) is 0 Å². The Morgan fingerprint density at radius 2 is 1.71 bits per heavy atom. The zero-order chi connectivity index (χ0) is 28.9. The van der Waals surface area contributed by atoms with Gasteiger partial charge in [0.2, 0.25) is 11.8 Å². The molecule has 9 nitrogen and oxygen atoms in total. The molecule has 212 valence electrons. The van der Waals surface area contributed by atoms with Crippen LogP contribution in [0.4, 0.5) is 17.1 Å². The smallest absolute Gasteiger partial charge is 0.337 e. The molecule has 1 atom stereocenters. The number of carbonyl (C=O) groups excluding carboxylic acids is 3. The van der Waals surface area contributed by atoms with E-state index in [1.165, 1.54) is 7.11 Å². The zero-order valence-electron chi connectivity index (χ0n) is 23.6. The average Bonchev–Trinajstić information content (AvgIpc) is 3.31. The number of benzene rings is 3. The summed E-state index contributed by atoms with van der Waals surface area (Å²) in [6.07, 6.45) is 0. The van der Waals surface area contributed by atoms with Gasteiger partial charge in [0.15, 0.2) is 0 Å². The molecule has 0 aromatic heterocycles. The molecule has 2 aliphatic rings. The third-order valence-corrected chi connectivity index (χ3v) is 7.38. The van der Waals surface area contributed by atoms with E-state index < -0.39 is 11.9 Å². The van der Waals surface area contributed by atoms with Crippen LogP contribution in [0.3, 0.4) is 0 Å². The summed E-state index contributed by atoms with van der Waals surface area (Å²) >= 11 is 0. The van der Waals surface area contributed by atoms with Crippen LogP contribution in [0.15, 0.2) is 77.8 Å². The predicted octanol–water partition coefficient (Wildman–Crippen LogP) is 3.98. The molecule has 2 amide bonds. The van der Waals surface area contributed by atoms with E-state index in [0.29, 0.717) is 29.2 Å².